The van der Waals surface area contributed by atoms with Gasteiger partial charge in [0.1, 0.15) is 0 Å². The Hall–Kier alpha value is -1.43. The van der Waals surface area contributed by atoms with E-state index in [0.29, 0.717) is 0 Å². The summed E-state index contributed by atoms with van der Waals surface area (Å²) in [5.41, 5.74) is 6.33. The Labute approximate surface area is 89.6 Å². The maximum Gasteiger partial charge on any atom is 0.0966 e. The molecule has 0 amide bonds. The van der Waals surface area contributed by atoms with Crippen LogP contribution >= 0.6 is 0 Å². The van der Waals surface area contributed by atoms with Crippen molar-refractivity contribution in [1.29, 1.82) is 5.41 Å². The summed E-state index contributed by atoms with van der Waals surface area (Å²) < 4.78 is 1.68. The Morgan fingerprint density at radius 1 is 1.73 bits per heavy atom. The second-order valence-corrected chi connectivity index (χ2v) is 3.94. The lowest BCUT2D eigenvalue weighted by atomic mass is 10.1. The van der Waals surface area contributed by atoms with E-state index >= 15 is 0 Å². The summed E-state index contributed by atoms with van der Waals surface area (Å²) in [7, 11) is 3.82. The minimum absolute atomic E-state index is 0.0756. The van der Waals surface area contributed by atoms with Crippen LogP contribution in [0.5, 0.6) is 0 Å². The SMILES string of the molecule is CC(CN(C)Cc1cn(C)nn1)C(=N)N. The summed E-state index contributed by atoms with van der Waals surface area (Å²) in [6.07, 6.45) is 1.88. The normalized spacial score (nSPS) is 13.1. The second-order valence-electron chi connectivity index (χ2n) is 3.94. The van der Waals surface area contributed by atoms with Gasteiger partial charge in [-0.2, -0.15) is 0 Å². The molecule has 1 unspecified atom stereocenters. The van der Waals surface area contributed by atoms with Gasteiger partial charge in [0.2, 0.25) is 0 Å². The monoisotopic (exact) mass is 210 g/mol. The van der Waals surface area contributed by atoms with E-state index in [4.69, 9.17) is 11.1 Å². The molecule has 0 fully saturated rings. The van der Waals surface area contributed by atoms with Gasteiger partial charge in [-0.15, -0.1) is 5.10 Å². The fourth-order valence-electron chi connectivity index (χ4n) is 1.37. The molecule has 15 heavy (non-hydrogen) atoms. The molecule has 0 aliphatic rings. The molecule has 0 saturated carbocycles. The molecule has 0 aliphatic carbocycles. The number of aromatic nitrogens is 3. The molecule has 6 heteroatoms. The van der Waals surface area contributed by atoms with Crippen LogP contribution in [0.25, 0.3) is 0 Å². The van der Waals surface area contributed by atoms with Gasteiger partial charge in [0, 0.05) is 32.3 Å². The Bertz CT molecular complexity index is 331. The predicted octanol–water partition coefficient (Wildman–Crippen LogP) is -0.181. The first-order chi connectivity index (χ1) is 6.99. The van der Waals surface area contributed by atoms with Gasteiger partial charge in [0.05, 0.1) is 11.5 Å². The molecule has 6 nitrogen and oxygen atoms in total. The number of hydrogen-bond donors (Lipinski definition) is 2. The molecule has 0 aromatic carbocycles. The van der Waals surface area contributed by atoms with Crippen LogP contribution in [-0.4, -0.2) is 39.3 Å². The molecule has 1 aromatic heterocycles. The van der Waals surface area contributed by atoms with E-state index < -0.39 is 0 Å². The molecule has 0 saturated heterocycles. The Kier molecular flexibility index (Phi) is 3.79. The fourth-order valence-corrected chi connectivity index (χ4v) is 1.37. The van der Waals surface area contributed by atoms with Gasteiger partial charge in [-0.25, -0.2) is 0 Å². The maximum absolute atomic E-state index is 7.30. The van der Waals surface area contributed by atoms with Crippen LogP contribution in [0.4, 0.5) is 0 Å². The number of nitrogens with zero attached hydrogens (tertiary/aromatic N) is 4. The third-order valence-corrected chi connectivity index (χ3v) is 2.20. The predicted molar refractivity (Wildman–Crippen MR) is 58.4 cm³/mol. The van der Waals surface area contributed by atoms with E-state index in [9.17, 15) is 0 Å². The molecule has 84 valence electrons. The zero-order valence-electron chi connectivity index (χ0n) is 9.44. The van der Waals surface area contributed by atoms with E-state index in [0.717, 1.165) is 18.8 Å². The topological polar surface area (TPSA) is 83.8 Å². The number of nitrogens with two attached hydrogens (primary N) is 1. The van der Waals surface area contributed by atoms with E-state index in [-0.39, 0.29) is 11.8 Å². The number of aryl methyl sites for hydroxylation is 1. The van der Waals surface area contributed by atoms with Crippen LogP contribution in [0, 0.1) is 11.3 Å². The minimum atomic E-state index is 0.0756. The maximum atomic E-state index is 7.30. The first kappa shape index (κ1) is 11.6. The quantitative estimate of drug-likeness (QED) is 0.521. The summed E-state index contributed by atoms with van der Waals surface area (Å²) in [5, 5.41) is 15.1. The largest absolute Gasteiger partial charge is 0.387 e. The van der Waals surface area contributed by atoms with E-state index in [1.54, 1.807) is 4.68 Å². The van der Waals surface area contributed by atoms with Gasteiger partial charge in [-0.3, -0.25) is 15.0 Å². The van der Waals surface area contributed by atoms with Gasteiger partial charge in [-0.05, 0) is 7.05 Å². The molecule has 0 aliphatic heterocycles. The molecular weight excluding hydrogens is 192 g/mol. The van der Waals surface area contributed by atoms with Crippen molar-refractivity contribution < 1.29 is 0 Å². The van der Waals surface area contributed by atoms with Gasteiger partial charge in [0.25, 0.3) is 0 Å². The zero-order valence-corrected chi connectivity index (χ0v) is 9.44. The van der Waals surface area contributed by atoms with Crippen LogP contribution in [0.15, 0.2) is 6.20 Å². The molecule has 0 radical (unpaired) electrons. The molecule has 1 atom stereocenters. The first-order valence-electron chi connectivity index (χ1n) is 4.86. The van der Waals surface area contributed by atoms with Crippen molar-refractivity contribution in [1.82, 2.24) is 19.9 Å². The smallest absolute Gasteiger partial charge is 0.0966 e. The molecule has 3 N–H and O–H groups in total. The number of rotatable bonds is 5. The van der Waals surface area contributed by atoms with Crippen molar-refractivity contribution >= 4 is 5.84 Å². The van der Waals surface area contributed by atoms with Crippen LogP contribution in [0.2, 0.25) is 0 Å². The van der Waals surface area contributed by atoms with Crippen LogP contribution in [-0.2, 0) is 13.6 Å². The molecule has 1 rings (SSSR count). The third-order valence-electron chi connectivity index (χ3n) is 2.20. The lowest BCUT2D eigenvalue weighted by Gasteiger charge is -2.19. The van der Waals surface area contributed by atoms with Gasteiger partial charge in [0.15, 0.2) is 0 Å². The van der Waals surface area contributed by atoms with E-state index in [2.05, 4.69) is 15.2 Å². The Balaban J connectivity index is 2.42. The zero-order chi connectivity index (χ0) is 11.4. The summed E-state index contributed by atoms with van der Waals surface area (Å²) in [4.78, 5) is 2.08. The van der Waals surface area contributed by atoms with Crippen molar-refractivity contribution in [2.24, 2.45) is 18.7 Å². The molecule has 1 heterocycles. The first-order valence-corrected chi connectivity index (χ1v) is 4.86. The lowest BCUT2D eigenvalue weighted by Crippen LogP contribution is -2.31. The summed E-state index contributed by atoms with van der Waals surface area (Å²) in [5.74, 6) is 0.299. The van der Waals surface area contributed by atoms with Crippen molar-refractivity contribution in [3.63, 3.8) is 0 Å². The number of nitrogens with one attached hydrogen (secondary N) is 1. The molecule has 1 aromatic rings. The Morgan fingerprint density at radius 2 is 2.40 bits per heavy atom. The van der Waals surface area contributed by atoms with Crippen molar-refractivity contribution in [2.45, 2.75) is 13.5 Å². The highest BCUT2D eigenvalue weighted by Gasteiger charge is 2.10. The van der Waals surface area contributed by atoms with Gasteiger partial charge < -0.3 is 5.73 Å². The van der Waals surface area contributed by atoms with Crippen LogP contribution < -0.4 is 5.73 Å². The van der Waals surface area contributed by atoms with E-state index in [1.807, 2.05) is 27.2 Å². The highest BCUT2D eigenvalue weighted by atomic mass is 15.4. The average Bonchev–Trinajstić information content (AvgIpc) is 2.50. The van der Waals surface area contributed by atoms with Crippen LogP contribution in [0.1, 0.15) is 12.6 Å². The Morgan fingerprint density at radius 3 is 2.87 bits per heavy atom. The molecule has 0 bridgehead atoms. The number of hydrogen-bond acceptors (Lipinski definition) is 4. The second kappa shape index (κ2) is 4.88. The standard InChI is InChI=1S/C9H18N6/c1-7(9(10)11)4-14(2)5-8-6-15(3)13-12-8/h6-7H,4-5H2,1-3H3,(H3,10,11). The minimum Gasteiger partial charge on any atom is -0.387 e. The highest BCUT2D eigenvalue weighted by Crippen LogP contribution is 2.02. The average molecular weight is 210 g/mol. The highest BCUT2D eigenvalue weighted by molar-refractivity contribution is 5.79. The van der Waals surface area contributed by atoms with Crippen LogP contribution in [0.3, 0.4) is 0 Å². The van der Waals surface area contributed by atoms with E-state index in [1.165, 1.54) is 0 Å². The molecule has 0 spiro atoms. The third kappa shape index (κ3) is 3.67. The molecular formula is C9H18N6. The van der Waals surface area contributed by atoms with Crippen molar-refractivity contribution in [2.75, 3.05) is 13.6 Å². The fraction of sp³-hybridized carbons (Fsp3) is 0.667. The van der Waals surface area contributed by atoms with Gasteiger partial charge in [-0.1, -0.05) is 12.1 Å². The summed E-state index contributed by atoms with van der Waals surface area (Å²) in [6.45, 7) is 3.42. The number of amidine groups is 1. The van der Waals surface area contributed by atoms with Crippen molar-refractivity contribution in [3.05, 3.63) is 11.9 Å². The van der Waals surface area contributed by atoms with Crippen molar-refractivity contribution in [3.8, 4) is 0 Å². The summed E-state index contributed by atoms with van der Waals surface area (Å²) >= 11 is 0. The summed E-state index contributed by atoms with van der Waals surface area (Å²) in [6, 6.07) is 0. The lowest BCUT2D eigenvalue weighted by molar-refractivity contribution is 0.302. The van der Waals surface area contributed by atoms with Gasteiger partial charge >= 0.3 is 0 Å².